The normalized spacial score (nSPS) is 15.1. The summed E-state index contributed by atoms with van der Waals surface area (Å²) in [7, 11) is 0. The average Bonchev–Trinajstić information content (AvgIpc) is 2.56. The van der Waals surface area contributed by atoms with Crippen LogP contribution in [-0.4, -0.2) is 9.55 Å². The Labute approximate surface area is 78.0 Å². The number of nitrogens with zero attached hydrogens (tertiary/aromatic N) is 3. The SMILES string of the molecule is CCc1nc(C#N)c2n1CCCC2. The van der Waals surface area contributed by atoms with Gasteiger partial charge in [-0.1, -0.05) is 6.92 Å². The predicted molar refractivity (Wildman–Crippen MR) is 49.3 cm³/mol. The van der Waals surface area contributed by atoms with Gasteiger partial charge in [0.05, 0.1) is 5.69 Å². The maximum Gasteiger partial charge on any atom is 0.161 e. The Morgan fingerprint density at radius 3 is 3.08 bits per heavy atom. The molecule has 1 aromatic heterocycles. The predicted octanol–water partition coefficient (Wildman–Crippen LogP) is 1.65. The van der Waals surface area contributed by atoms with E-state index in [1.165, 1.54) is 12.8 Å². The van der Waals surface area contributed by atoms with E-state index in [-0.39, 0.29) is 0 Å². The van der Waals surface area contributed by atoms with E-state index < -0.39 is 0 Å². The lowest BCUT2D eigenvalue weighted by molar-refractivity contribution is 0.515. The average molecular weight is 175 g/mol. The highest BCUT2D eigenvalue weighted by Crippen LogP contribution is 2.20. The molecular weight excluding hydrogens is 162 g/mol. The second-order valence-corrected chi connectivity index (χ2v) is 3.40. The number of fused-ring (bicyclic) bond motifs is 1. The van der Waals surface area contributed by atoms with E-state index in [9.17, 15) is 0 Å². The largest absolute Gasteiger partial charge is 0.331 e. The number of imidazole rings is 1. The molecule has 0 spiro atoms. The Morgan fingerprint density at radius 2 is 2.38 bits per heavy atom. The summed E-state index contributed by atoms with van der Waals surface area (Å²) < 4.78 is 2.22. The van der Waals surface area contributed by atoms with Crippen LogP contribution >= 0.6 is 0 Å². The van der Waals surface area contributed by atoms with Crippen molar-refractivity contribution < 1.29 is 0 Å². The van der Waals surface area contributed by atoms with Crippen LogP contribution in [0.2, 0.25) is 0 Å². The number of aryl methyl sites for hydroxylation is 1. The first-order valence-electron chi connectivity index (χ1n) is 4.85. The molecule has 2 rings (SSSR count). The van der Waals surface area contributed by atoms with Gasteiger partial charge in [-0.2, -0.15) is 5.26 Å². The van der Waals surface area contributed by atoms with Crippen molar-refractivity contribution in [1.82, 2.24) is 9.55 Å². The van der Waals surface area contributed by atoms with Gasteiger partial charge < -0.3 is 4.57 Å². The second-order valence-electron chi connectivity index (χ2n) is 3.40. The first-order valence-corrected chi connectivity index (χ1v) is 4.85. The molecule has 0 fully saturated rings. The van der Waals surface area contributed by atoms with Crippen molar-refractivity contribution >= 4 is 0 Å². The Hall–Kier alpha value is -1.30. The number of hydrogen-bond donors (Lipinski definition) is 0. The van der Waals surface area contributed by atoms with Gasteiger partial charge in [0.15, 0.2) is 5.69 Å². The quantitative estimate of drug-likeness (QED) is 0.651. The second kappa shape index (κ2) is 3.21. The van der Waals surface area contributed by atoms with E-state index in [4.69, 9.17) is 5.26 Å². The van der Waals surface area contributed by atoms with Crippen molar-refractivity contribution in [2.45, 2.75) is 39.2 Å². The number of rotatable bonds is 1. The van der Waals surface area contributed by atoms with Crippen molar-refractivity contribution in [2.24, 2.45) is 0 Å². The molecule has 1 aliphatic rings. The summed E-state index contributed by atoms with van der Waals surface area (Å²) in [5, 5.41) is 8.88. The fourth-order valence-corrected chi connectivity index (χ4v) is 1.98. The number of hydrogen-bond acceptors (Lipinski definition) is 2. The number of aromatic nitrogens is 2. The minimum absolute atomic E-state index is 0.650. The molecule has 3 nitrogen and oxygen atoms in total. The zero-order valence-corrected chi connectivity index (χ0v) is 7.88. The van der Waals surface area contributed by atoms with Crippen LogP contribution in [0.1, 0.15) is 37.0 Å². The van der Waals surface area contributed by atoms with Crippen molar-refractivity contribution in [3.05, 3.63) is 17.2 Å². The molecule has 0 aliphatic carbocycles. The molecule has 0 unspecified atom stereocenters. The Morgan fingerprint density at radius 1 is 1.54 bits per heavy atom. The van der Waals surface area contributed by atoms with Crippen LogP contribution in [0.15, 0.2) is 0 Å². The Bertz CT molecular complexity index is 357. The smallest absolute Gasteiger partial charge is 0.161 e. The molecule has 0 amide bonds. The van der Waals surface area contributed by atoms with Gasteiger partial charge in [-0.05, 0) is 19.3 Å². The molecule has 0 radical (unpaired) electrons. The third kappa shape index (κ3) is 1.23. The summed E-state index contributed by atoms with van der Waals surface area (Å²) in [5.74, 6) is 1.08. The van der Waals surface area contributed by atoms with Gasteiger partial charge in [-0.3, -0.25) is 0 Å². The highest BCUT2D eigenvalue weighted by molar-refractivity contribution is 5.30. The molecular formula is C10H13N3. The highest BCUT2D eigenvalue weighted by Gasteiger charge is 2.18. The first kappa shape index (κ1) is 8.31. The lowest BCUT2D eigenvalue weighted by atomic mass is 10.1. The minimum Gasteiger partial charge on any atom is -0.331 e. The molecule has 0 atom stereocenters. The molecule has 1 aromatic rings. The first-order chi connectivity index (χ1) is 6.36. The van der Waals surface area contributed by atoms with E-state index in [0.29, 0.717) is 5.69 Å². The van der Waals surface area contributed by atoms with Gasteiger partial charge in [-0.15, -0.1) is 0 Å². The van der Waals surface area contributed by atoms with E-state index >= 15 is 0 Å². The van der Waals surface area contributed by atoms with E-state index in [2.05, 4.69) is 22.5 Å². The van der Waals surface area contributed by atoms with Crippen LogP contribution in [0.25, 0.3) is 0 Å². The maximum absolute atomic E-state index is 8.88. The third-order valence-electron chi connectivity index (χ3n) is 2.62. The summed E-state index contributed by atoms with van der Waals surface area (Å²) >= 11 is 0. The van der Waals surface area contributed by atoms with Crippen LogP contribution in [0.5, 0.6) is 0 Å². The summed E-state index contributed by atoms with van der Waals surface area (Å²) in [5.41, 5.74) is 1.81. The van der Waals surface area contributed by atoms with Gasteiger partial charge in [-0.25, -0.2) is 4.98 Å². The topological polar surface area (TPSA) is 41.6 Å². The summed E-state index contributed by atoms with van der Waals surface area (Å²) in [6.45, 7) is 3.14. The van der Waals surface area contributed by atoms with E-state index in [0.717, 1.165) is 30.9 Å². The fraction of sp³-hybridized carbons (Fsp3) is 0.600. The van der Waals surface area contributed by atoms with Crippen LogP contribution in [-0.2, 0) is 19.4 Å². The standard InChI is InChI=1S/C10H13N3/c1-2-10-12-8(7-11)9-5-3-4-6-13(9)10/h2-6H2,1H3. The Kier molecular flexibility index (Phi) is 2.05. The monoisotopic (exact) mass is 175 g/mol. The Balaban J connectivity index is 2.52. The molecule has 13 heavy (non-hydrogen) atoms. The van der Waals surface area contributed by atoms with Crippen LogP contribution in [0.3, 0.4) is 0 Å². The summed E-state index contributed by atoms with van der Waals surface area (Å²) in [4.78, 5) is 4.33. The van der Waals surface area contributed by atoms with Crippen molar-refractivity contribution in [3.63, 3.8) is 0 Å². The van der Waals surface area contributed by atoms with Crippen molar-refractivity contribution in [1.29, 1.82) is 5.26 Å². The lowest BCUT2D eigenvalue weighted by Gasteiger charge is -2.15. The minimum atomic E-state index is 0.650. The van der Waals surface area contributed by atoms with Gasteiger partial charge in [0, 0.05) is 13.0 Å². The molecule has 2 heterocycles. The molecule has 0 saturated carbocycles. The molecule has 3 heteroatoms. The molecule has 0 bridgehead atoms. The maximum atomic E-state index is 8.88. The molecule has 0 aromatic carbocycles. The van der Waals surface area contributed by atoms with Crippen LogP contribution in [0, 0.1) is 11.3 Å². The highest BCUT2D eigenvalue weighted by atomic mass is 15.1. The summed E-state index contributed by atoms with van der Waals surface area (Å²) in [6, 6.07) is 2.18. The zero-order valence-electron chi connectivity index (χ0n) is 7.88. The molecule has 68 valence electrons. The van der Waals surface area contributed by atoms with E-state index in [1.807, 2.05) is 0 Å². The molecule has 0 saturated heterocycles. The lowest BCUT2D eigenvalue weighted by Crippen LogP contribution is -2.12. The van der Waals surface area contributed by atoms with Gasteiger partial charge in [0.2, 0.25) is 0 Å². The van der Waals surface area contributed by atoms with Crippen molar-refractivity contribution in [2.75, 3.05) is 0 Å². The fourth-order valence-electron chi connectivity index (χ4n) is 1.98. The van der Waals surface area contributed by atoms with Crippen molar-refractivity contribution in [3.8, 4) is 6.07 Å². The summed E-state index contributed by atoms with van der Waals surface area (Å²) in [6.07, 6.45) is 4.37. The van der Waals surface area contributed by atoms with Gasteiger partial charge >= 0.3 is 0 Å². The van der Waals surface area contributed by atoms with E-state index in [1.54, 1.807) is 0 Å². The van der Waals surface area contributed by atoms with Crippen LogP contribution < -0.4 is 0 Å². The molecule has 1 aliphatic heterocycles. The molecule has 0 N–H and O–H groups in total. The third-order valence-corrected chi connectivity index (χ3v) is 2.62. The van der Waals surface area contributed by atoms with Gasteiger partial charge in [0.1, 0.15) is 11.9 Å². The van der Waals surface area contributed by atoms with Gasteiger partial charge in [0.25, 0.3) is 0 Å². The number of nitriles is 1. The van der Waals surface area contributed by atoms with Crippen LogP contribution in [0.4, 0.5) is 0 Å². The zero-order chi connectivity index (χ0) is 9.26.